The van der Waals surface area contributed by atoms with E-state index in [9.17, 15) is 9.90 Å². The lowest BCUT2D eigenvalue weighted by molar-refractivity contribution is -0.136. The van der Waals surface area contributed by atoms with Crippen molar-refractivity contribution in [1.29, 1.82) is 0 Å². The average Bonchev–Trinajstić information content (AvgIpc) is 2.99. The zero-order chi connectivity index (χ0) is 18.1. The van der Waals surface area contributed by atoms with Crippen LogP contribution in [0.5, 0.6) is 0 Å². The molecular weight excluding hydrogens is 328 g/mol. The van der Waals surface area contributed by atoms with E-state index in [1.807, 2.05) is 6.92 Å². The van der Waals surface area contributed by atoms with Gasteiger partial charge in [0.25, 0.3) is 0 Å². The molecule has 0 aliphatic carbocycles. The fraction of sp³-hybridized carbons (Fsp3) is 0.571. The predicted octanol–water partition coefficient (Wildman–Crippen LogP) is 2.17. The second-order valence-corrected chi connectivity index (χ2v) is 7.98. The maximum Gasteiger partial charge on any atom is 0.335 e. The molecule has 1 aromatic rings. The van der Waals surface area contributed by atoms with E-state index in [1.165, 1.54) is 5.56 Å². The van der Waals surface area contributed by atoms with E-state index in [0.29, 0.717) is 18.7 Å². The van der Waals surface area contributed by atoms with Gasteiger partial charge in [-0.1, -0.05) is 30.3 Å². The molecule has 5 heteroatoms. The largest absolute Gasteiger partial charge is 0.456 e. The molecule has 1 aromatic carbocycles. The van der Waals surface area contributed by atoms with Crippen LogP contribution in [0.3, 0.4) is 0 Å². The molecule has 26 heavy (non-hydrogen) atoms. The summed E-state index contributed by atoms with van der Waals surface area (Å²) >= 11 is 0. The first-order valence-corrected chi connectivity index (χ1v) is 9.64. The van der Waals surface area contributed by atoms with Crippen molar-refractivity contribution in [2.75, 3.05) is 32.8 Å². The maximum absolute atomic E-state index is 11.6. The number of hydrogen-bond donors (Lipinski definition) is 1. The lowest BCUT2D eigenvalue weighted by atomic mass is 9.69. The highest BCUT2D eigenvalue weighted by molar-refractivity contribution is 5.90. The summed E-state index contributed by atoms with van der Waals surface area (Å²) in [4.78, 5) is 16.3. The molecule has 1 spiro atoms. The van der Waals surface area contributed by atoms with Gasteiger partial charge in [0.1, 0.15) is 6.61 Å². The fourth-order valence-corrected chi connectivity index (χ4v) is 4.64. The van der Waals surface area contributed by atoms with Gasteiger partial charge in [0.2, 0.25) is 0 Å². The van der Waals surface area contributed by atoms with Gasteiger partial charge in [-0.15, -0.1) is 0 Å². The first-order chi connectivity index (χ1) is 12.6. The number of hydrogen-bond acceptors (Lipinski definition) is 5. The number of nitrogens with zero attached hydrogens (tertiary/aromatic N) is 2. The van der Waals surface area contributed by atoms with Crippen molar-refractivity contribution in [3.63, 3.8) is 0 Å². The summed E-state index contributed by atoms with van der Waals surface area (Å²) in [5.41, 5.74) is 3.05. The highest BCUT2D eigenvalue weighted by Gasteiger charge is 2.45. The topological polar surface area (TPSA) is 53.0 Å². The molecule has 1 unspecified atom stereocenters. The van der Waals surface area contributed by atoms with Gasteiger partial charge in [-0.3, -0.25) is 4.90 Å². The van der Waals surface area contributed by atoms with Crippen molar-refractivity contribution in [2.45, 2.75) is 38.8 Å². The van der Waals surface area contributed by atoms with Gasteiger partial charge in [-0.25, -0.2) is 4.79 Å². The Morgan fingerprint density at radius 3 is 2.46 bits per heavy atom. The third-order valence-corrected chi connectivity index (χ3v) is 6.54. The number of rotatable bonds is 3. The van der Waals surface area contributed by atoms with E-state index in [-0.39, 0.29) is 17.5 Å². The molecule has 0 radical (unpaired) electrons. The number of likely N-dealkylation sites (tertiary alicyclic amines) is 2. The number of β-amino-alcohol motifs (C(OH)–C–C–N with tert-alkyl or cyclic N) is 1. The standard InChI is InChI=1S/C21H28N2O3/c1-16-18(15-26-20(16)25)23-12-9-21(19(24)14-23)7-10-22(11-8-21)13-17-5-3-2-4-6-17/h2-6,19,24H,7-15H2,1H3. The number of esters is 1. The molecule has 0 saturated carbocycles. The van der Waals surface area contributed by atoms with Crippen LogP contribution in [-0.4, -0.2) is 59.8 Å². The number of benzene rings is 1. The second kappa shape index (κ2) is 7.05. The Kier molecular flexibility index (Phi) is 4.76. The Hall–Kier alpha value is -1.85. The van der Waals surface area contributed by atoms with Crippen molar-refractivity contribution in [3.8, 4) is 0 Å². The Labute approximate surface area is 155 Å². The van der Waals surface area contributed by atoms with Gasteiger partial charge in [-0.2, -0.15) is 0 Å². The molecule has 5 nitrogen and oxygen atoms in total. The summed E-state index contributed by atoms with van der Waals surface area (Å²) in [5.74, 6) is -0.219. The van der Waals surface area contributed by atoms with E-state index >= 15 is 0 Å². The van der Waals surface area contributed by atoms with Crippen LogP contribution < -0.4 is 0 Å². The van der Waals surface area contributed by atoms with Crippen molar-refractivity contribution >= 4 is 5.97 Å². The first-order valence-electron chi connectivity index (χ1n) is 9.64. The van der Waals surface area contributed by atoms with E-state index in [4.69, 9.17) is 4.74 Å². The number of ether oxygens (including phenoxy) is 1. The number of carbonyl (C=O) groups is 1. The van der Waals surface area contributed by atoms with Gasteiger partial charge in [-0.05, 0) is 44.8 Å². The van der Waals surface area contributed by atoms with Gasteiger partial charge >= 0.3 is 5.97 Å². The highest BCUT2D eigenvalue weighted by Crippen LogP contribution is 2.43. The van der Waals surface area contributed by atoms with E-state index < -0.39 is 0 Å². The number of aliphatic hydroxyl groups is 1. The first kappa shape index (κ1) is 17.6. The molecule has 2 saturated heterocycles. The molecule has 3 heterocycles. The van der Waals surface area contributed by atoms with Gasteiger partial charge < -0.3 is 14.7 Å². The van der Waals surface area contributed by atoms with Gasteiger partial charge in [0.15, 0.2) is 0 Å². The minimum atomic E-state index is -0.342. The molecular formula is C21H28N2O3. The summed E-state index contributed by atoms with van der Waals surface area (Å²) in [7, 11) is 0. The smallest absolute Gasteiger partial charge is 0.335 e. The molecule has 140 valence electrons. The second-order valence-electron chi connectivity index (χ2n) is 7.98. The fourth-order valence-electron chi connectivity index (χ4n) is 4.64. The molecule has 4 rings (SSSR count). The molecule has 3 aliphatic heterocycles. The van der Waals surface area contributed by atoms with Crippen LogP contribution >= 0.6 is 0 Å². The van der Waals surface area contributed by atoms with Gasteiger partial charge in [0.05, 0.1) is 17.4 Å². The minimum Gasteiger partial charge on any atom is -0.456 e. The van der Waals surface area contributed by atoms with E-state index in [1.54, 1.807) is 0 Å². The predicted molar refractivity (Wildman–Crippen MR) is 99.2 cm³/mol. The minimum absolute atomic E-state index is 0.0294. The number of aliphatic hydroxyl groups excluding tert-OH is 1. The zero-order valence-corrected chi connectivity index (χ0v) is 15.5. The molecule has 2 fully saturated rings. The van der Waals surface area contributed by atoms with Crippen molar-refractivity contribution in [1.82, 2.24) is 9.80 Å². The van der Waals surface area contributed by atoms with Crippen LogP contribution in [0.25, 0.3) is 0 Å². The molecule has 1 atom stereocenters. The Morgan fingerprint density at radius 1 is 1.15 bits per heavy atom. The van der Waals surface area contributed by atoms with E-state index in [0.717, 1.165) is 51.1 Å². The van der Waals surface area contributed by atoms with Crippen LogP contribution in [0.2, 0.25) is 0 Å². The summed E-state index contributed by atoms with van der Waals surface area (Å²) < 4.78 is 5.13. The Morgan fingerprint density at radius 2 is 1.85 bits per heavy atom. The van der Waals surface area contributed by atoms with Crippen LogP contribution in [0.4, 0.5) is 0 Å². The molecule has 0 aromatic heterocycles. The molecule has 3 aliphatic rings. The zero-order valence-electron chi connectivity index (χ0n) is 15.5. The normalized spacial score (nSPS) is 26.5. The number of carbonyl (C=O) groups excluding carboxylic acids is 1. The highest BCUT2D eigenvalue weighted by atomic mass is 16.5. The Balaban J connectivity index is 1.35. The summed E-state index contributed by atoms with van der Waals surface area (Å²) in [6, 6.07) is 10.6. The van der Waals surface area contributed by atoms with Crippen LogP contribution in [-0.2, 0) is 16.1 Å². The third-order valence-electron chi connectivity index (χ3n) is 6.54. The molecule has 0 amide bonds. The third kappa shape index (κ3) is 3.26. The maximum atomic E-state index is 11.6. The van der Waals surface area contributed by atoms with Crippen LogP contribution in [0, 0.1) is 5.41 Å². The van der Waals surface area contributed by atoms with Crippen molar-refractivity contribution < 1.29 is 14.6 Å². The quantitative estimate of drug-likeness (QED) is 0.841. The molecule has 0 bridgehead atoms. The Bertz CT molecular complexity index is 692. The average molecular weight is 356 g/mol. The van der Waals surface area contributed by atoms with Crippen LogP contribution in [0.1, 0.15) is 31.7 Å². The van der Waals surface area contributed by atoms with E-state index in [2.05, 4.69) is 40.1 Å². The summed E-state index contributed by atoms with van der Waals surface area (Å²) in [6.45, 7) is 6.76. The lowest BCUT2D eigenvalue weighted by Gasteiger charge is -2.50. The van der Waals surface area contributed by atoms with Crippen molar-refractivity contribution in [3.05, 3.63) is 47.2 Å². The van der Waals surface area contributed by atoms with Crippen molar-refractivity contribution in [2.24, 2.45) is 5.41 Å². The number of cyclic esters (lactones) is 1. The SMILES string of the molecule is CC1=C(N2CCC3(CCN(Cc4ccccc4)CC3)C(O)C2)COC1=O. The summed E-state index contributed by atoms with van der Waals surface area (Å²) in [5, 5.41) is 10.9. The van der Waals surface area contributed by atoms with Gasteiger partial charge in [0, 0.05) is 25.0 Å². The summed E-state index contributed by atoms with van der Waals surface area (Å²) in [6.07, 6.45) is 2.73. The lowest BCUT2D eigenvalue weighted by Crippen LogP contribution is -2.55. The molecule has 1 N–H and O–H groups in total. The monoisotopic (exact) mass is 356 g/mol. The van der Waals surface area contributed by atoms with Crippen LogP contribution in [0.15, 0.2) is 41.6 Å². The number of piperidine rings is 2.